The first kappa shape index (κ1) is 14.1. The highest BCUT2D eigenvalue weighted by molar-refractivity contribution is 5.29. The third-order valence-electron chi connectivity index (χ3n) is 4.29. The van der Waals surface area contributed by atoms with Crippen molar-refractivity contribution in [1.82, 2.24) is 14.5 Å². The number of likely N-dealkylation sites (tertiary alicyclic amines) is 1. The molecule has 1 atom stereocenters. The minimum absolute atomic E-state index is 0.568. The van der Waals surface area contributed by atoms with E-state index in [2.05, 4.69) is 38.7 Å². The van der Waals surface area contributed by atoms with Gasteiger partial charge in [-0.1, -0.05) is 12.1 Å². The summed E-state index contributed by atoms with van der Waals surface area (Å²) >= 11 is 0. The highest BCUT2D eigenvalue weighted by Gasteiger charge is 2.25. The van der Waals surface area contributed by atoms with Crippen LogP contribution in [0.25, 0.3) is 0 Å². The van der Waals surface area contributed by atoms with Crippen LogP contribution in [-0.4, -0.2) is 34.7 Å². The van der Waals surface area contributed by atoms with Crippen LogP contribution in [0.3, 0.4) is 0 Å². The molecule has 2 heterocycles. The second kappa shape index (κ2) is 6.76. The molecule has 1 aromatic carbocycles. The molecule has 0 spiro atoms. The summed E-state index contributed by atoms with van der Waals surface area (Å²) in [5.74, 6) is 0.934. The Bertz CT molecular complexity index is 536. The number of aromatic nitrogens is 2. The maximum absolute atomic E-state index is 5.24. The summed E-state index contributed by atoms with van der Waals surface area (Å²) in [5.41, 5.74) is 1.41. The zero-order chi connectivity index (χ0) is 14.5. The number of rotatable bonds is 6. The van der Waals surface area contributed by atoms with Crippen LogP contribution in [0.15, 0.2) is 43.0 Å². The van der Waals surface area contributed by atoms with Crippen molar-refractivity contribution in [2.45, 2.75) is 31.8 Å². The summed E-state index contributed by atoms with van der Waals surface area (Å²) in [4.78, 5) is 6.70. The Morgan fingerprint density at radius 3 is 2.81 bits per heavy atom. The van der Waals surface area contributed by atoms with Crippen molar-refractivity contribution >= 4 is 0 Å². The Kier molecular flexibility index (Phi) is 4.55. The molecule has 1 saturated heterocycles. The fourth-order valence-corrected chi connectivity index (χ4v) is 3.17. The maximum Gasteiger partial charge on any atom is 0.118 e. The number of benzene rings is 1. The van der Waals surface area contributed by atoms with Crippen LogP contribution in [-0.2, 0) is 6.54 Å². The first-order chi connectivity index (χ1) is 10.4. The largest absolute Gasteiger partial charge is 0.497 e. The quantitative estimate of drug-likeness (QED) is 0.817. The SMILES string of the molecule is COc1ccc([C@@H]2CCCN2CCCn2ccnc2)cc1. The fraction of sp³-hybridized carbons (Fsp3) is 0.471. The van der Waals surface area contributed by atoms with E-state index in [0.717, 1.165) is 18.8 Å². The number of methoxy groups -OCH3 is 1. The Labute approximate surface area is 126 Å². The maximum atomic E-state index is 5.24. The Hall–Kier alpha value is -1.81. The standard InChI is InChI=1S/C17H23N3O/c1-21-16-7-5-15(6-8-16)17-4-2-11-20(17)12-3-10-19-13-9-18-14-19/h5-9,13-14,17H,2-4,10-12H2,1H3/t17-/m0/s1. The molecule has 3 rings (SSSR count). The lowest BCUT2D eigenvalue weighted by Crippen LogP contribution is -2.25. The zero-order valence-corrected chi connectivity index (χ0v) is 12.6. The minimum Gasteiger partial charge on any atom is -0.497 e. The van der Waals surface area contributed by atoms with E-state index < -0.39 is 0 Å². The van der Waals surface area contributed by atoms with Crippen LogP contribution < -0.4 is 4.74 Å². The summed E-state index contributed by atoms with van der Waals surface area (Å²) in [6, 6.07) is 9.11. The second-order valence-electron chi connectivity index (χ2n) is 5.62. The number of nitrogens with zero attached hydrogens (tertiary/aromatic N) is 3. The van der Waals surface area contributed by atoms with Crippen molar-refractivity contribution < 1.29 is 4.74 Å². The van der Waals surface area contributed by atoms with Gasteiger partial charge in [0, 0.05) is 31.5 Å². The highest BCUT2D eigenvalue weighted by atomic mass is 16.5. The molecule has 21 heavy (non-hydrogen) atoms. The summed E-state index contributed by atoms with van der Waals surface area (Å²) < 4.78 is 7.39. The fourth-order valence-electron chi connectivity index (χ4n) is 3.17. The highest BCUT2D eigenvalue weighted by Crippen LogP contribution is 2.32. The van der Waals surface area contributed by atoms with Crippen LogP contribution in [0.4, 0.5) is 0 Å². The summed E-state index contributed by atoms with van der Waals surface area (Å²) in [5, 5.41) is 0. The van der Waals surface area contributed by atoms with E-state index in [9.17, 15) is 0 Å². The third kappa shape index (κ3) is 3.45. The van der Waals surface area contributed by atoms with Gasteiger partial charge >= 0.3 is 0 Å². The van der Waals surface area contributed by atoms with E-state index in [-0.39, 0.29) is 0 Å². The van der Waals surface area contributed by atoms with Crippen molar-refractivity contribution in [3.8, 4) is 5.75 Å². The van der Waals surface area contributed by atoms with E-state index >= 15 is 0 Å². The number of ether oxygens (including phenoxy) is 1. The second-order valence-corrected chi connectivity index (χ2v) is 5.62. The topological polar surface area (TPSA) is 30.3 Å². The van der Waals surface area contributed by atoms with Crippen molar-refractivity contribution in [1.29, 1.82) is 0 Å². The van der Waals surface area contributed by atoms with E-state index in [4.69, 9.17) is 4.74 Å². The predicted octanol–water partition coefficient (Wildman–Crippen LogP) is 3.12. The molecule has 2 aromatic rings. The molecular weight excluding hydrogens is 262 g/mol. The van der Waals surface area contributed by atoms with E-state index in [1.807, 2.05) is 18.7 Å². The molecule has 0 N–H and O–H groups in total. The molecule has 1 fully saturated rings. The smallest absolute Gasteiger partial charge is 0.118 e. The van der Waals surface area contributed by atoms with Crippen molar-refractivity contribution in [2.75, 3.05) is 20.2 Å². The minimum atomic E-state index is 0.568. The van der Waals surface area contributed by atoms with Gasteiger partial charge in [0.15, 0.2) is 0 Å². The molecule has 0 radical (unpaired) electrons. The van der Waals surface area contributed by atoms with E-state index in [1.165, 1.54) is 31.4 Å². The van der Waals surface area contributed by atoms with Crippen LogP contribution in [0, 0.1) is 0 Å². The van der Waals surface area contributed by atoms with Crippen LogP contribution in [0.1, 0.15) is 30.9 Å². The number of imidazole rings is 1. The van der Waals surface area contributed by atoms with Gasteiger partial charge in [0.2, 0.25) is 0 Å². The average molecular weight is 285 g/mol. The van der Waals surface area contributed by atoms with Gasteiger partial charge in [-0.3, -0.25) is 4.90 Å². The van der Waals surface area contributed by atoms with Gasteiger partial charge < -0.3 is 9.30 Å². The molecule has 0 amide bonds. The summed E-state index contributed by atoms with van der Waals surface area (Å²) in [7, 11) is 1.72. The average Bonchev–Trinajstić information content (AvgIpc) is 3.19. The van der Waals surface area contributed by atoms with Crippen LogP contribution in [0.2, 0.25) is 0 Å². The molecule has 4 nitrogen and oxygen atoms in total. The van der Waals surface area contributed by atoms with Gasteiger partial charge in [-0.25, -0.2) is 4.98 Å². The predicted molar refractivity (Wildman–Crippen MR) is 83.4 cm³/mol. The van der Waals surface area contributed by atoms with Gasteiger partial charge in [0.1, 0.15) is 5.75 Å². The number of aryl methyl sites for hydroxylation is 1. The Morgan fingerprint density at radius 1 is 1.24 bits per heavy atom. The van der Waals surface area contributed by atoms with Gasteiger partial charge in [-0.05, 0) is 43.5 Å². The molecule has 4 heteroatoms. The number of hydrogen-bond acceptors (Lipinski definition) is 3. The number of hydrogen-bond donors (Lipinski definition) is 0. The molecule has 112 valence electrons. The lowest BCUT2D eigenvalue weighted by atomic mass is 10.0. The van der Waals surface area contributed by atoms with E-state index in [1.54, 1.807) is 7.11 Å². The first-order valence-corrected chi connectivity index (χ1v) is 7.70. The molecule has 0 unspecified atom stereocenters. The van der Waals surface area contributed by atoms with E-state index in [0.29, 0.717) is 6.04 Å². The van der Waals surface area contributed by atoms with Crippen LogP contribution >= 0.6 is 0 Å². The molecule has 1 aromatic heterocycles. The zero-order valence-electron chi connectivity index (χ0n) is 12.6. The monoisotopic (exact) mass is 285 g/mol. The molecule has 0 bridgehead atoms. The molecule has 1 aliphatic rings. The van der Waals surface area contributed by atoms with Gasteiger partial charge in [-0.2, -0.15) is 0 Å². The molecular formula is C17H23N3O. The summed E-state index contributed by atoms with van der Waals surface area (Å²) in [6.07, 6.45) is 9.49. The van der Waals surface area contributed by atoms with Gasteiger partial charge in [0.25, 0.3) is 0 Å². The van der Waals surface area contributed by atoms with Crippen LogP contribution in [0.5, 0.6) is 5.75 Å². The first-order valence-electron chi connectivity index (χ1n) is 7.70. The molecule has 0 saturated carbocycles. The van der Waals surface area contributed by atoms with Gasteiger partial charge in [-0.15, -0.1) is 0 Å². The normalized spacial score (nSPS) is 19.0. The van der Waals surface area contributed by atoms with Gasteiger partial charge in [0.05, 0.1) is 13.4 Å². The van der Waals surface area contributed by atoms with Crippen molar-refractivity contribution in [2.24, 2.45) is 0 Å². The van der Waals surface area contributed by atoms with Crippen molar-refractivity contribution in [3.05, 3.63) is 48.5 Å². The molecule has 1 aliphatic heterocycles. The Morgan fingerprint density at radius 2 is 2.10 bits per heavy atom. The van der Waals surface area contributed by atoms with Crippen molar-refractivity contribution in [3.63, 3.8) is 0 Å². The Balaban J connectivity index is 1.56. The molecule has 0 aliphatic carbocycles. The summed E-state index contributed by atoms with van der Waals surface area (Å²) in [6.45, 7) is 3.40. The lowest BCUT2D eigenvalue weighted by Gasteiger charge is -2.25. The lowest BCUT2D eigenvalue weighted by molar-refractivity contribution is 0.249. The third-order valence-corrected chi connectivity index (χ3v) is 4.29.